The van der Waals surface area contributed by atoms with Gasteiger partial charge >= 0.3 is 0 Å². The number of ether oxygens (including phenoxy) is 2. The number of aryl methyl sites for hydroxylation is 1. The second kappa shape index (κ2) is 15.6. The van der Waals surface area contributed by atoms with E-state index in [-0.39, 0.29) is 36.8 Å². The van der Waals surface area contributed by atoms with Crippen LogP contribution in [0.15, 0.2) is 72.9 Å². The molecule has 1 aromatic heterocycles. The number of fused-ring (bicyclic) bond motifs is 2. The number of carbonyl (C=O) groups excluding carboxylic acids is 3. The van der Waals surface area contributed by atoms with Crippen LogP contribution in [0.3, 0.4) is 0 Å². The highest BCUT2D eigenvalue weighted by Crippen LogP contribution is 2.38. The van der Waals surface area contributed by atoms with Crippen LogP contribution in [0.5, 0.6) is 11.5 Å². The van der Waals surface area contributed by atoms with Gasteiger partial charge in [-0.3, -0.25) is 14.4 Å². The molecule has 3 aliphatic heterocycles. The van der Waals surface area contributed by atoms with Gasteiger partial charge in [-0.15, -0.1) is 0 Å². The third-order valence-corrected chi connectivity index (χ3v) is 10.3. The molecule has 0 aliphatic carbocycles. The Morgan fingerprint density at radius 2 is 1.60 bits per heavy atom. The van der Waals surface area contributed by atoms with Crippen molar-refractivity contribution in [3.63, 3.8) is 0 Å². The monoisotopic (exact) mass is 721 g/mol. The average molecular weight is 722 g/mol. The summed E-state index contributed by atoms with van der Waals surface area (Å²) in [5.74, 6) is 0.352. The lowest BCUT2D eigenvalue weighted by Gasteiger charge is -2.34. The molecule has 0 radical (unpaired) electrons. The van der Waals surface area contributed by atoms with E-state index in [1.54, 1.807) is 17.0 Å². The van der Waals surface area contributed by atoms with Crippen LogP contribution in [0.2, 0.25) is 0 Å². The minimum atomic E-state index is -0.875. The number of aliphatic hydroxyl groups is 1. The van der Waals surface area contributed by atoms with Crippen LogP contribution >= 0.6 is 0 Å². The summed E-state index contributed by atoms with van der Waals surface area (Å²) in [5.41, 5.74) is 5.83. The first-order valence-electron chi connectivity index (χ1n) is 18.2. The molecule has 4 heterocycles. The molecule has 278 valence electrons. The summed E-state index contributed by atoms with van der Waals surface area (Å²) in [7, 11) is 5.50. The number of carbonyl (C=O) groups is 3. The Kier molecular flexibility index (Phi) is 10.6. The summed E-state index contributed by atoms with van der Waals surface area (Å²) in [5, 5.41) is 19.7. The molecule has 13 heteroatoms. The van der Waals surface area contributed by atoms with Crippen LogP contribution < -0.4 is 30.3 Å². The van der Waals surface area contributed by atoms with Crippen LogP contribution in [-0.2, 0) is 11.8 Å². The number of aromatic nitrogens is 1. The largest absolute Gasteiger partial charge is 0.493 e. The van der Waals surface area contributed by atoms with Gasteiger partial charge in [-0.25, -0.2) is 0 Å². The summed E-state index contributed by atoms with van der Waals surface area (Å²) >= 11 is 0. The molecule has 4 aromatic rings. The number of nitrogens with one attached hydrogen (secondary N) is 3. The minimum absolute atomic E-state index is 0.143. The number of aliphatic hydroxyl groups excluding tert-OH is 1. The van der Waals surface area contributed by atoms with E-state index in [9.17, 15) is 19.5 Å². The fourth-order valence-electron chi connectivity index (χ4n) is 7.26. The van der Waals surface area contributed by atoms with Crippen LogP contribution in [0.25, 0.3) is 11.1 Å². The fraction of sp³-hybridized carbons (Fsp3) is 0.375. The lowest BCUT2D eigenvalue weighted by Crippen LogP contribution is -2.44. The van der Waals surface area contributed by atoms with Gasteiger partial charge in [-0.1, -0.05) is 12.1 Å². The third-order valence-electron chi connectivity index (χ3n) is 10.3. The number of rotatable bonds is 11. The van der Waals surface area contributed by atoms with Crippen molar-refractivity contribution in [1.29, 1.82) is 0 Å². The van der Waals surface area contributed by atoms with E-state index in [0.29, 0.717) is 47.1 Å². The van der Waals surface area contributed by atoms with Gasteiger partial charge in [0.25, 0.3) is 11.8 Å². The summed E-state index contributed by atoms with van der Waals surface area (Å²) < 4.78 is 13.3. The zero-order chi connectivity index (χ0) is 37.1. The molecule has 2 fully saturated rings. The molecule has 4 N–H and O–H groups in total. The number of hydrogen-bond acceptors (Lipinski definition) is 9. The molecule has 13 nitrogen and oxygen atoms in total. The van der Waals surface area contributed by atoms with Gasteiger partial charge in [0.05, 0.1) is 31.0 Å². The van der Waals surface area contributed by atoms with Gasteiger partial charge in [-0.2, -0.15) is 0 Å². The zero-order valence-corrected chi connectivity index (χ0v) is 30.4. The van der Waals surface area contributed by atoms with Crippen molar-refractivity contribution in [2.24, 2.45) is 7.05 Å². The van der Waals surface area contributed by atoms with Gasteiger partial charge < -0.3 is 49.8 Å². The van der Waals surface area contributed by atoms with Crippen LogP contribution in [-0.4, -0.2) is 103 Å². The summed E-state index contributed by atoms with van der Waals surface area (Å²) in [6.45, 7) is 4.90. The number of hydrogen-bond donors (Lipinski definition) is 4. The van der Waals surface area contributed by atoms with Crippen molar-refractivity contribution >= 4 is 40.5 Å². The predicted molar refractivity (Wildman–Crippen MR) is 205 cm³/mol. The van der Waals surface area contributed by atoms with E-state index in [1.807, 2.05) is 60.3 Å². The van der Waals surface area contributed by atoms with Crippen molar-refractivity contribution in [3.05, 3.63) is 84.2 Å². The van der Waals surface area contributed by atoms with Gasteiger partial charge in [-0.05, 0) is 80.4 Å². The minimum Gasteiger partial charge on any atom is -0.493 e. The first-order chi connectivity index (χ1) is 25.7. The second-order valence-corrected chi connectivity index (χ2v) is 13.9. The number of nitrogens with zero attached hydrogens (tertiary/aromatic N) is 4. The molecule has 3 aromatic carbocycles. The third kappa shape index (κ3) is 7.96. The fourth-order valence-corrected chi connectivity index (χ4v) is 7.26. The van der Waals surface area contributed by atoms with E-state index >= 15 is 0 Å². The van der Waals surface area contributed by atoms with Gasteiger partial charge in [0.15, 0.2) is 11.5 Å². The summed E-state index contributed by atoms with van der Waals surface area (Å²) in [6, 6.07) is 20.4. The molecule has 3 aliphatic rings. The van der Waals surface area contributed by atoms with E-state index < -0.39 is 6.23 Å². The highest BCUT2D eigenvalue weighted by molar-refractivity contribution is 6.04. The maximum Gasteiger partial charge on any atom is 0.272 e. The Hall–Kier alpha value is -5.53. The SMILES string of the molecule is COc1cc2c(cc1OCCCC(=O)Nc1ccc(-c3cc(C(=O)Nc4ccc(N5CCN(C)CC5)cc4)n(C)c3)cc1)N[C@H](O)[C@@H]1CCCN1C2=O. The van der Waals surface area contributed by atoms with Crippen LogP contribution in [0.4, 0.5) is 22.7 Å². The Labute approximate surface area is 309 Å². The van der Waals surface area contributed by atoms with E-state index in [2.05, 4.69) is 44.9 Å². The smallest absolute Gasteiger partial charge is 0.272 e. The highest BCUT2D eigenvalue weighted by Gasteiger charge is 2.39. The number of benzene rings is 3. The summed E-state index contributed by atoms with van der Waals surface area (Å²) in [6.07, 6.45) is 3.31. The molecule has 3 amide bonds. The quantitative estimate of drug-likeness (QED) is 0.160. The van der Waals surface area contributed by atoms with Gasteiger partial charge in [0, 0.05) is 81.1 Å². The Morgan fingerprint density at radius 3 is 2.34 bits per heavy atom. The normalized spacial score (nSPS) is 18.5. The molecule has 0 bridgehead atoms. The van der Waals surface area contributed by atoms with Crippen LogP contribution in [0, 0.1) is 0 Å². The van der Waals surface area contributed by atoms with Gasteiger partial charge in [0.2, 0.25) is 5.91 Å². The predicted octanol–water partition coefficient (Wildman–Crippen LogP) is 4.85. The maximum absolute atomic E-state index is 13.2. The molecular weight excluding hydrogens is 674 g/mol. The molecule has 53 heavy (non-hydrogen) atoms. The van der Waals surface area contributed by atoms with Gasteiger partial charge in [0.1, 0.15) is 11.9 Å². The maximum atomic E-state index is 13.2. The molecule has 2 atom stereocenters. The number of likely N-dealkylation sites (N-methyl/N-ethyl adjacent to an activating group) is 1. The number of piperazine rings is 1. The lowest BCUT2D eigenvalue weighted by molar-refractivity contribution is -0.116. The van der Waals surface area contributed by atoms with Crippen molar-refractivity contribution in [2.75, 3.05) is 74.3 Å². The molecule has 0 spiro atoms. The molecule has 0 unspecified atom stereocenters. The van der Waals surface area contributed by atoms with Crippen molar-refractivity contribution in [2.45, 2.75) is 38.0 Å². The molecule has 2 saturated heterocycles. The first-order valence-corrected chi connectivity index (χ1v) is 18.2. The number of amides is 3. The zero-order valence-electron chi connectivity index (χ0n) is 30.4. The lowest BCUT2D eigenvalue weighted by atomic mass is 10.1. The Balaban J connectivity index is 0.892. The molecule has 0 saturated carbocycles. The number of anilines is 4. The average Bonchev–Trinajstić information content (AvgIpc) is 3.80. The highest BCUT2D eigenvalue weighted by atomic mass is 16.5. The standard InChI is InChI=1S/C40H47N7O6/c1-44-17-19-46(20-18-44)30-14-12-29(13-15-30)42-39(50)34-22-27(25-45(34)2)26-8-10-28(11-9-26)41-37(48)7-5-21-53-36-24-32-31(23-35(36)52-3)40(51)47-16-4-6-33(47)38(49)43-32/h8-15,22-25,33,38,43,49H,4-7,16-21H2,1-3H3,(H,41,48)(H,42,50)/t33-,38+/m0/s1. The van der Waals surface area contributed by atoms with Crippen molar-refractivity contribution < 1.29 is 29.0 Å². The summed E-state index contributed by atoms with van der Waals surface area (Å²) in [4.78, 5) is 45.5. The van der Waals surface area contributed by atoms with Crippen molar-refractivity contribution in [1.82, 2.24) is 14.4 Å². The van der Waals surface area contributed by atoms with E-state index in [0.717, 1.165) is 61.5 Å². The first kappa shape index (κ1) is 35.9. The Morgan fingerprint density at radius 1 is 0.887 bits per heavy atom. The molecule has 7 rings (SSSR count). The van der Waals surface area contributed by atoms with Crippen molar-refractivity contribution in [3.8, 4) is 22.6 Å². The Bertz CT molecular complexity index is 1950. The number of methoxy groups -OCH3 is 1. The van der Waals surface area contributed by atoms with E-state index in [4.69, 9.17) is 9.47 Å². The second-order valence-electron chi connectivity index (χ2n) is 13.9. The van der Waals surface area contributed by atoms with E-state index in [1.165, 1.54) is 7.11 Å². The topological polar surface area (TPSA) is 141 Å². The van der Waals surface area contributed by atoms with Crippen LogP contribution in [0.1, 0.15) is 46.5 Å². The molecular formula is C40H47N7O6.